The van der Waals surface area contributed by atoms with Crippen LogP contribution in [0, 0.1) is 0 Å². The van der Waals surface area contributed by atoms with Gasteiger partial charge in [-0.25, -0.2) is 0 Å². The van der Waals surface area contributed by atoms with Crippen LogP contribution in [0.1, 0.15) is 40.2 Å². The van der Waals surface area contributed by atoms with Crippen molar-refractivity contribution < 1.29 is 35.6 Å². The van der Waals surface area contributed by atoms with Gasteiger partial charge in [0.05, 0.1) is 22.6 Å². The molecule has 0 spiro atoms. The number of hydrogen-bond acceptors (Lipinski definition) is 3. The third-order valence-corrected chi connectivity index (χ3v) is 4.13. The molecule has 29 heavy (non-hydrogen) atoms. The molecule has 0 bridgehead atoms. The van der Waals surface area contributed by atoms with Crippen molar-refractivity contribution in [2.24, 2.45) is 0 Å². The van der Waals surface area contributed by atoms with E-state index in [2.05, 4.69) is 10.3 Å². The van der Waals surface area contributed by atoms with Crippen LogP contribution >= 0.6 is 0 Å². The van der Waals surface area contributed by atoms with Crippen molar-refractivity contribution >= 4 is 17.0 Å². The molecule has 3 aromatic rings. The van der Waals surface area contributed by atoms with Gasteiger partial charge >= 0.3 is 12.4 Å². The molecule has 0 fully saturated rings. The number of amides is 1. The molecule has 1 amide bonds. The topological polar surface area (TPSA) is 75.1 Å². The minimum atomic E-state index is -4.85. The lowest BCUT2D eigenvalue weighted by atomic mass is 10.0. The van der Waals surface area contributed by atoms with Crippen molar-refractivity contribution in [1.82, 2.24) is 10.3 Å². The van der Waals surface area contributed by atoms with Crippen LogP contribution in [0.25, 0.3) is 11.1 Å². The molecule has 2 aromatic heterocycles. The lowest BCUT2D eigenvalue weighted by Gasteiger charge is -2.15. The Hall–Kier alpha value is -3.24. The van der Waals surface area contributed by atoms with E-state index in [4.69, 9.17) is 4.42 Å². The molecule has 1 unspecified atom stereocenters. The Morgan fingerprint density at radius 2 is 1.76 bits per heavy atom. The molecule has 5 nitrogen and oxygen atoms in total. The van der Waals surface area contributed by atoms with Gasteiger partial charge < -0.3 is 9.73 Å². The number of furan rings is 1. The second-order valence-electron chi connectivity index (χ2n) is 6.22. The van der Waals surface area contributed by atoms with Gasteiger partial charge in [0.25, 0.3) is 11.5 Å². The van der Waals surface area contributed by atoms with Gasteiger partial charge in [0.1, 0.15) is 0 Å². The first-order valence-corrected chi connectivity index (χ1v) is 8.08. The van der Waals surface area contributed by atoms with Crippen LogP contribution in [0.4, 0.5) is 26.3 Å². The molecule has 0 saturated heterocycles. The number of rotatable bonds is 3. The molecule has 0 radical (unpaired) electrons. The van der Waals surface area contributed by atoms with Crippen molar-refractivity contribution in [2.75, 3.05) is 0 Å². The molecular weight excluding hydrogens is 406 g/mol. The number of pyridine rings is 1. The normalized spacial score (nSPS) is 13.5. The lowest BCUT2D eigenvalue weighted by molar-refractivity contribution is -0.138. The predicted octanol–water partition coefficient (Wildman–Crippen LogP) is 4.65. The summed E-state index contributed by atoms with van der Waals surface area (Å²) < 4.78 is 82.7. The van der Waals surface area contributed by atoms with Gasteiger partial charge in [0.2, 0.25) is 5.71 Å². The second-order valence-corrected chi connectivity index (χ2v) is 6.22. The number of benzene rings is 1. The average Bonchev–Trinajstić information content (AvgIpc) is 3.03. The number of fused-ring (bicyclic) bond motifs is 1. The Bertz CT molecular complexity index is 1130. The van der Waals surface area contributed by atoms with Gasteiger partial charge in [-0.05, 0) is 30.7 Å². The van der Waals surface area contributed by atoms with Gasteiger partial charge in [0.15, 0.2) is 5.76 Å². The van der Waals surface area contributed by atoms with E-state index in [1.807, 2.05) is 0 Å². The van der Waals surface area contributed by atoms with Crippen molar-refractivity contribution in [2.45, 2.75) is 25.3 Å². The lowest BCUT2D eigenvalue weighted by Crippen LogP contribution is -2.26. The van der Waals surface area contributed by atoms with Gasteiger partial charge in [-0.3, -0.25) is 14.6 Å². The zero-order valence-electron chi connectivity index (χ0n) is 14.5. The molecule has 1 aromatic carbocycles. The largest absolute Gasteiger partial charge is 0.434 e. The van der Waals surface area contributed by atoms with Gasteiger partial charge in [-0.2, -0.15) is 26.3 Å². The summed E-state index contributed by atoms with van der Waals surface area (Å²) in [5.74, 6) is -1.49. The number of H-pyrrole nitrogens is 1. The van der Waals surface area contributed by atoms with Crippen LogP contribution in [-0.2, 0) is 12.4 Å². The highest BCUT2D eigenvalue weighted by Crippen LogP contribution is 2.34. The maximum Gasteiger partial charge on any atom is 0.417 e. The van der Waals surface area contributed by atoms with Crippen molar-refractivity contribution in [3.8, 4) is 0 Å². The summed E-state index contributed by atoms with van der Waals surface area (Å²) in [5.41, 5.74) is -3.66. The Kier molecular flexibility index (Phi) is 4.93. The van der Waals surface area contributed by atoms with Crippen LogP contribution in [-0.4, -0.2) is 10.9 Å². The average molecular weight is 418 g/mol. The number of carbonyl (C=O) groups excluding carboxylic acids is 1. The Balaban J connectivity index is 1.90. The van der Waals surface area contributed by atoms with E-state index in [9.17, 15) is 35.9 Å². The third-order valence-electron chi connectivity index (χ3n) is 4.13. The zero-order chi connectivity index (χ0) is 21.6. The van der Waals surface area contributed by atoms with Gasteiger partial charge in [-0.1, -0.05) is 12.1 Å². The van der Waals surface area contributed by atoms with Crippen LogP contribution in [0.3, 0.4) is 0 Å². The smallest absolute Gasteiger partial charge is 0.417 e. The fourth-order valence-electron chi connectivity index (χ4n) is 2.72. The maximum absolute atomic E-state index is 13.1. The fourth-order valence-corrected chi connectivity index (χ4v) is 2.72. The first-order valence-electron chi connectivity index (χ1n) is 8.08. The standard InChI is InChI=1S/C18H12F6N2O3/c1-8(9-3-2-4-10(5-9)17(19,20)21)25-15(28)13-6-11-12(18(22,23)24)7-14(27)26-16(11)29-13/h2-8H,1H3,(H,25,28)(H,26,27). The summed E-state index contributed by atoms with van der Waals surface area (Å²) >= 11 is 0. The molecule has 0 aliphatic heterocycles. The van der Waals surface area contributed by atoms with Crippen molar-refractivity contribution in [1.29, 1.82) is 0 Å². The van der Waals surface area contributed by atoms with Crippen LogP contribution < -0.4 is 10.9 Å². The third kappa shape index (κ3) is 4.28. The first kappa shape index (κ1) is 20.5. The number of hydrogen-bond donors (Lipinski definition) is 2. The minimum absolute atomic E-state index is 0.133. The highest BCUT2D eigenvalue weighted by atomic mass is 19.4. The van der Waals surface area contributed by atoms with E-state index >= 15 is 0 Å². The van der Waals surface area contributed by atoms with Crippen molar-refractivity contribution in [3.05, 3.63) is 69.2 Å². The summed E-state index contributed by atoms with van der Waals surface area (Å²) in [6.07, 6.45) is -9.42. The summed E-state index contributed by atoms with van der Waals surface area (Å²) in [6, 6.07) is 4.49. The summed E-state index contributed by atoms with van der Waals surface area (Å²) in [4.78, 5) is 25.8. The van der Waals surface area contributed by atoms with Gasteiger partial charge in [0, 0.05) is 6.07 Å². The number of carbonyl (C=O) groups is 1. The highest BCUT2D eigenvalue weighted by Gasteiger charge is 2.35. The molecule has 3 rings (SSSR count). The number of aromatic amines is 1. The second kappa shape index (κ2) is 6.98. The number of nitrogens with one attached hydrogen (secondary N) is 2. The highest BCUT2D eigenvalue weighted by molar-refractivity contribution is 5.96. The van der Waals surface area contributed by atoms with Crippen LogP contribution in [0.2, 0.25) is 0 Å². The van der Waals surface area contributed by atoms with Crippen molar-refractivity contribution in [3.63, 3.8) is 0 Å². The number of halogens is 6. The molecule has 0 aliphatic carbocycles. The van der Waals surface area contributed by atoms with Crippen LogP contribution in [0.15, 0.2) is 45.6 Å². The number of alkyl halides is 6. The van der Waals surface area contributed by atoms with Crippen LogP contribution in [0.5, 0.6) is 0 Å². The Morgan fingerprint density at radius 3 is 2.38 bits per heavy atom. The molecule has 0 saturated carbocycles. The SMILES string of the molecule is CC(NC(=O)c1cc2c(C(F)(F)F)cc(=O)[nH]c2o1)c1cccc(C(F)(F)F)c1. The van der Waals surface area contributed by atoms with E-state index in [0.29, 0.717) is 6.07 Å². The Labute approximate surface area is 158 Å². The molecule has 0 aliphatic rings. The molecule has 154 valence electrons. The monoisotopic (exact) mass is 418 g/mol. The molecule has 2 N–H and O–H groups in total. The Morgan fingerprint density at radius 1 is 1.07 bits per heavy atom. The minimum Gasteiger partial charge on any atom is -0.434 e. The number of aromatic nitrogens is 1. The van der Waals surface area contributed by atoms with E-state index in [0.717, 1.165) is 18.2 Å². The summed E-state index contributed by atoms with van der Waals surface area (Å²) in [6.45, 7) is 1.40. The predicted molar refractivity (Wildman–Crippen MR) is 89.2 cm³/mol. The maximum atomic E-state index is 13.1. The molecule has 11 heteroatoms. The fraction of sp³-hybridized carbons (Fsp3) is 0.222. The van der Waals surface area contributed by atoms with E-state index < -0.39 is 57.8 Å². The van der Waals surface area contributed by atoms with E-state index in [1.165, 1.54) is 19.1 Å². The quantitative estimate of drug-likeness (QED) is 0.608. The van der Waals surface area contributed by atoms with E-state index in [1.54, 1.807) is 0 Å². The van der Waals surface area contributed by atoms with Gasteiger partial charge in [-0.15, -0.1) is 0 Å². The molecular formula is C18H12F6N2O3. The molecule has 1 atom stereocenters. The summed E-state index contributed by atoms with van der Waals surface area (Å²) in [5, 5.41) is 1.83. The van der Waals surface area contributed by atoms with E-state index in [-0.39, 0.29) is 5.56 Å². The first-order chi connectivity index (χ1) is 13.4. The zero-order valence-corrected chi connectivity index (χ0v) is 14.5. The molecule has 2 heterocycles. The summed E-state index contributed by atoms with van der Waals surface area (Å²) in [7, 11) is 0.